The first-order chi connectivity index (χ1) is 8.87. The summed E-state index contributed by atoms with van der Waals surface area (Å²) in [6, 6.07) is 0. The third-order valence-corrected chi connectivity index (χ3v) is 2.77. The van der Waals surface area contributed by atoms with Crippen molar-refractivity contribution in [3.8, 4) is 0 Å². The molecule has 20 heavy (non-hydrogen) atoms. The molecule has 0 saturated carbocycles. The zero-order chi connectivity index (χ0) is 15.8. The maximum atomic E-state index is 13.0. The predicted molar refractivity (Wildman–Crippen MR) is 44.3 cm³/mol. The van der Waals surface area contributed by atoms with Crippen molar-refractivity contribution in [1.29, 1.82) is 0 Å². The average Bonchev–Trinajstić information content (AvgIpc) is 2.75. The Balaban J connectivity index is 3.00. The molecule has 2 atom stereocenters. The predicted octanol–water partition coefficient (Wildman–Crippen LogP) is 0.203. The molecule has 0 spiro atoms. The van der Waals surface area contributed by atoms with Gasteiger partial charge in [-0.3, -0.25) is 4.55 Å². The Hall–Kier alpha value is -1.09. The highest BCUT2D eigenvalue weighted by Gasteiger charge is 2.66. The molecule has 0 aromatic heterocycles. The van der Waals surface area contributed by atoms with Crippen LogP contribution < -0.4 is 0 Å². The molecule has 2 unspecified atom stereocenters. The number of carbonyl (C=O) groups excluding carboxylic acids is 1. The van der Waals surface area contributed by atoms with Crippen LogP contribution in [0.2, 0.25) is 0 Å². The lowest BCUT2D eigenvalue weighted by Gasteiger charge is -2.26. The maximum Gasteiger partial charge on any atom is 0.432 e. The summed E-state index contributed by atoms with van der Waals surface area (Å²) >= 11 is 0. The Morgan fingerprint density at radius 2 is 1.85 bits per heavy atom. The van der Waals surface area contributed by atoms with Gasteiger partial charge in [-0.2, -0.15) is 35.3 Å². The Kier molecular flexibility index (Phi) is 4.55. The molecule has 0 amide bonds. The monoisotopic (exact) mass is 332 g/mol. The second-order valence-electron chi connectivity index (χ2n) is 3.33. The van der Waals surface area contributed by atoms with Crippen molar-refractivity contribution in [2.24, 2.45) is 0 Å². The molecule has 0 aromatic carbocycles. The van der Waals surface area contributed by atoms with Gasteiger partial charge in [-0.15, -0.1) is 0 Å². The van der Waals surface area contributed by atoms with Crippen molar-refractivity contribution in [3.05, 3.63) is 0 Å². The van der Waals surface area contributed by atoms with E-state index < -0.39 is 46.3 Å². The first-order valence-electron chi connectivity index (χ1n) is 4.44. The van der Waals surface area contributed by atoms with Crippen LogP contribution in [0.1, 0.15) is 0 Å². The topological polar surface area (TPSA) is 108 Å². The summed E-state index contributed by atoms with van der Waals surface area (Å²) in [4.78, 5) is 18.9. The molecule has 1 heterocycles. The van der Waals surface area contributed by atoms with Crippen molar-refractivity contribution < 1.29 is 59.3 Å². The van der Waals surface area contributed by atoms with Crippen molar-refractivity contribution in [1.82, 2.24) is 0 Å². The summed E-state index contributed by atoms with van der Waals surface area (Å²) in [7, 11) is -6.49. The highest BCUT2D eigenvalue weighted by Crippen LogP contribution is 2.38. The minimum absolute atomic E-state index is 0.763. The summed E-state index contributed by atoms with van der Waals surface area (Å²) in [5, 5.41) is -2.14. The Bertz CT molecular complexity index is 466. The Morgan fingerprint density at radius 3 is 2.20 bits per heavy atom. The van der Waals surface area contributed by atoms with Crippen molar-refractivity contribution in [3.63, 3.8) is 0 Å². The number of rotatable bonds is 4. The molecule has 8 nitrogen and oxygen atoms in total. The van der Waals surface area contributed by atoms with E-state index in [1.165, 1.54) is 0 Å². The van der Waals surface area contributed by atoms with E-state index in [0.717, 1.165) is 0 Å². The van der Waals surface area contributed by atoms with Crippen molar-refractivity contribution in [2.45, 2.75) is 23.6 Å². The van der Waals surface area contributed by atoms with Gasteiger partial charge in [0.25, 0.3) is 6.10 Å². The molecule has 1 aliphatic rings. The number of carbonyl (C=O) groups is 1. The van der Waals surface area contributed by atoms with Gasteiger partial charge < -0.3 is 4.74 Å². The first-order valence-corrected chi connectivity index (χ1v) is 5.88. The average molecular weight is 332 g/mol. The van der Waals surface area contributed by atoms with Crippen LogP contribution in [0.25, 0.3) is 0 Å². The maximum absolute atomic E-state index is 13.0. The van der Waals surface area contributed by atoms with E-state index in [1.807, 2.05) is 0 Å². The summed E-state index contributed by atoms with van der Waals surface area (Å²) in [5.41, 5.74) is 0. The highest BCUT2D eigenvalue weighted by atomic mass is 32.2. The molecule has 0 aromatic rings. The van der Waals surface area contributed by atoms with Gasteiger partial charge in [-0.05, 0) is 0 Å². The number of halogens is 5. The molecule has 1 fully saturated rings. The molecule has 0 bridgehead atoms. The van der Waals surface area contributed by atoms with Gasteiger partial charge in [0.05, 0.1) is 0 Å². The van der Waals surface area contributed by atoms with E-state index >= 15 is 0 Å². The van der Waals surface area contributed by atoms with E-state index in [9.17, 15) is 35.2 Å². The Labute approximate surface area is 106 Å². The molecule has 0 radical (unpaired) electrons. The first kappa shape index (κ1) is 17.0. The number of ether oxygens (including phenoxy) is 1. The van der Waals surface area contributed by atoms with E-state index in [0.29, 0.717) is 0 Å². The van der Waals surface area contributed by atoms with Crippen LogP contribution in [0.4, 0.5) is 22.0 Å². The van der Waals surface area contributed by atoms with E-state index in [1.54, 1.807) is 0 Å². The van der Waals surface area contributed by atoms with E-state index in [2.05, 4.69) is 19.6 Å². The fourth-order valence-corrected chi connectivity index (χ4v) is 1.41. The van der Waals surface area contributed by atoms with Crippen LogP contribution in [0.15, 0.2) is 0 Å². The summed E-state index contributed by atoms with van der Waals surface area (Å²) in [6.07, 6.45) is -12.3. The molecule has 0 aliphatic carbocycles. The van der Waals surface area contributed by atoms with Gasteiger partial charge in [0, 0.05) is 0 Å². The third-order valence-electron chi connectivity index (χ3n) is 1.87. The van der Waals surface area contributed by atoms with Gasteiger partial charge in [-0.1, -0.05) is 5.04 Å². The lowest BCUT2D eigenvalue weighted by atomic mass is 10.3. The second-order valence-corrected chi connectivity index (χ2v) is 4.83. The standard InChI is InChI=1S/C6H5F5O8S/c7-5(8,9)4(6(10,11)20(13,14)15)17-3(12)2-1-16-19-18-2/h2,4H,1H2,(H,13,14,15). The second kappa shape index (κ2) is 5.36. The molecule has 118 valence electrons. The van der Waals surface area contributed by atoms with Crippen LogP contribution >= 0.6 is 0 Å². The molecule has 14 heteroatoms. The van der Waals surface area contributed by atoms with E-state index in [4.69, 9.17) is 4.55 Å². The smallest absolute Gasteiger partial charge is 0.432 e. The molecular formula is C6H5F5O8S. The lowest BCUT2D eigenvalue weighted by Crippen LogP contribution is -2.53. The lowest BCUT2D eigenvalue weighted by molar-refractivity contribution is -0.458. The third kappa shape index (κ3) is 3.51. The fourth-order valence-electron chi connectivity index (χ4n) is 0.953. The van der Waals surface area contributed by atoms with Gasteiger partial charge in [0.1, 0.15) is 6.61 Å². The van der Waals surface area contributed by atoms with E-state index in [-0.39, 0.29) is 0 Å². The summed E-state index contributed by atoms with van der Waals surface area (Å²) < 4.78 is 95.1. The Morgan fingerprint density at radius 1 is 1.30 bits per heavy atom. The van der Waals surface area contributed by atoms with Crippen LogP contribution in [0.3, 0.4) is 0 Å². The summed E-state index contributed by atoms with van der Waals surface area (Å²) in [5.74, 6) is -2.02. The van der Waals surface area contributed by atoms with Crippen LogP contribution in [-0.2, 0) is 34.5 Å². The number of hydrogen-bond acceptors (Lipinski definition) is 7. The molecule has 1 rings (SSSR count). The zero-order valence-electron chi connectivity index (χ0n) is 8.96. The minimum Gasteiger partial charge on any atom is -0.443 e. The molecule has 1 aliphatic heterocycles. The number of alkyl halides is 5. The highest BCUT2D eigenvalue weighted by molar-refractivity contribution is 7.86. The molecule has 1 N–H and O–H groups in total. The number of hydrogen-bond donors (Lipinski definition) is 1. The normalized spacial score (nSPS) is 22.6. The fraction of sp³-hybridized carbons (Fsp3) is 0.833. The summed E-state index contributed by atoms with van der Waals surface area (Å²) in [6.45, 7) is -0.763. The van der Waals surface area contributed by atoms with Gasteiger partial charge in [-0.25, -0.2) is 9.68 Å². The largest absolute Gasteiger partial charge is 0.443 e. The van der Waals surface area contributed by atoms with Crippen molar-refractivity contribution >= 4 is 16.1 Å². The minimum atomic E-state index is -6.49. The zero-order valence-corrected chi connectivity index (χ0v) is 9.78. The van der Waals surface area contributed by atoms with Crippen molar-refractivity contribution in [2.75, 3.05) is 6.61 Å². The number of esters is 1. The van der Waals surface area contributed by atoms with Crippen LogP contribution in [0, 0.1) is 0 Å². The van der Waals surface area contributed by atoms with Crippen LogP contribution in [-0.4, -0.2) is 49.2 Å². The van der Waals surface area contributed by atoms with Gasteiger partial charge in [0.15, 0.2) is 0 Å². The molecule has 1 saturated heterocycles. The SMILES string of the molecule is O=C(OC(C(F)(F)F)C(F)(F)S(=O)(=O)O)C1COOO1. The quantitative estimate of drug-likeness (QED) is 0.337. The molecular weight excluding hydrogens is 327 g/mol. The van der Waals surface area contributed by atoms with Crippen LogP contribution in [0.5, 0.6) is 0 Å². The van der Waals surface area contributed by atoms with Gasteiger partial charge >= 0.3 is 27.5 Å². The van der Waals surface area contributed by atoms with Gasteiger partial charge in [0.2, 0.25) is 6.10 Å².